The molecule has 1 aromatic carbocycles. The predicted molar refractivity (Wildman–Crippen MR) is 72.5 cm³/mol. The average Bonchev–Trinajstić information content (AvgIpc) is 2.38. The molecule has 0 amide bonds. The molecule has 0 fully saturated rings. The zero-order chi connectivity index (χ0) is 13.0. The Morgan fingerprint density at radius 2 is 2.17 bits per heavy atom. The monoisotopic (exact) mass is 257 g/mol. The molecular weight excluding hydrogens is 246 g/mol. The highest BCUT2D eigenvalue weighted by Crippen LogP contribution is 2.20. The molecule has 0 spiro atoms. The number of hydrogen-bond donors (Lipinski definition) is 1. The first kappa shape index (κ1) is 12.4. The summed E-state index contributed by atoms with van der Waals surface area (Å²) in [7, 11) is 0. The molecule has 1 N–H and O–H groups in total. The van der Waals surface area contributed by atoms with E-state index in [0.29, 0.717) is 17.1 Å². The van der Waals surface area contributed by atoms with E-state index in [-0.39, 0.29) is 0 Å². The van der Waals surface area contributed by atoms with Crippen LogP contribution >= 0.6 is 11.6 Å². The number of hydrogen-bond acceptors (Lipinski definition) is 3. The molecule has 0 bridgehead atoms. The lowest BCUT2D eigenvalue weighted by Crippen LogP contribution is -2.00. The van der Waals surface area contributed by atoms with E-state index in [0.717, 1.165) is 16.9 Å². The zero-order valence-electron chi connectivity index (χ0n) is 9.94. The van der Waals surface area contributed by atoms with Gasteiger partial charge in [-0.05, 0) is 36.8 Å². The van der Waals surface area contributed by atoms with Crippen LogP contribution in [0.1, 0.15) is 16.8 Å². The van der Waals surface area contributed by atoms with Gasteiger partial charge in [0.15, 0.2) is 0 Å². The second-order valence-electron chi connectivity index (χ2n) is 3.97. The molecule has 90 valence electrons. The molecular formula is C14H12ClN3. The normalized spacial score (nSPS) is 9.83. The molecule has 0 unspecified atom stereocenters. The maximum Gasteiger partial charge on any atom is 0.101 e. The van der Waals surface area contributed by atoms with Crippen LogP contribution in [0.15, 0.2) is 36.5 Å². The van der Waals surface area contributed by atoms with Crippen LogP contribution in [-0.4, -0.2) is 4.98 Å². The largest absolute Gasteiger partial charge is 0.381 e. The van der Waals surface area contributed by atoms with Gasteiger partial charge < -0.3 is 5.32 Å². The number of nitrogens with zero attached hydrogens (tertiary/aromatic N) is 2. The number of nitrogens with one attached hydrogen (secondary N) is 1. The molecule has 3 nitrogen and oxygen atoms in total. The second kappa shape index (κ2) is 5.52. The highest BCUT2D eigenvalue weighted by atomic mass is 35.5. The lowest BCUT2D eigenvalue weighted by molar-refractivity contribution is 1.09. The number of benzene rings is 1. The van der Waals surface area contributed by atoms with Gasteiger partial charge in [-0.1, -0.05) is 17.7 Å². The van der Waals surface area contributed by atoms with Crippen LogP contribution in [0.2, 0.25) is 5.02 Å². The molecule has 0 saturated heterocycles. The first-order chi connectivity index (χ1) is 8.69. The van der Waals surface area contributed by atoms with Crippen LogP contribution < -0.4 is 5.32 Å². The first-order valence-electron chi connectivity index (χ1n) is 5.54. The molecule has 2 aromatic rings. The van der Waals surface area contributed by atoms with Crippen molar-refractivity contribution in [1.82, 2.24) is 4.98 Å². The van der Waals surface area contributed by atoms with E-state index in [1.807, 2.05) is 37.4 Å². The van der Waals surface area contributed by atoms with Crippen molar-refractivity contribution in [2.24, 2.45) is 0 Å². The smallest absolute Gasteiger partial charge is 0.101 e. The van der Waals surface area contributed by atoms with Gasteiger partial charge in [0.25, 0.3) is 0 Å². The fourth-order valence-corrected chi connectivity index (χ4v) is 1.75. The fourth-order valence-electron chi connectivity index (χ4n) is 1.52. The molecule has 0 radical (unpaired) electrons. The minimum Gasteiger partial charge on any atom is -0.381 e. The molecule has 0 aliphatic heterocycles. The second-order valence-corrected chi connectivity index (χ2v) is 4.38. The molecule has 0 aliphatic rings. The Balaban J connectivity index is 2.04. The number of aryl methyl sites for hydroxylation is 1. The standard InChI is InChI=1S/C14H12ClN3/c1-10-2-3-11(8-17-10)9-18-13-5-4-12(7-16)14(15)6-13/h2-6,8,18H,9H2,1H3. The van der Waals surface area contributed by atoms with E-state index >= 15 is 0 Å². The van der Waals surface area contributed by atoms with Gasteiger partial charge in [0.1, 0.15) is 6.07 Å². The summed E-state index contributed by atoms with van der Waals surface area (Å²) in [6, 6.07) is 11.3. The van der Waals surface area contributed by atoms with Crippen molar-refractivity contribution in [2.45, 2.75) is 13.5 Å². The topological polar surface area (TPSA) is 48.7 Å². The van der Waals surface area contributed by atoms with Crippen molar-refractivity contribution in [3.63, 3.8) is 0 Å². The SMILES string of the molecule is Cc1ccc(CNc2ccc(C#N)c(Cl)c2)cn1. The van der Waals surface area contributed by atoms with Crippen LogP contribution in [0.5, 0.6) is 0 Å². The summed E-state index contributed by atoms with van der Waals surface area (Å²) in [6.45, 7) is 2.63. The third-order valence-electron chi connectivity index (χ3n) is 2.56. The highest BCUT2D eigenvalue weighted by Gasteiger charge is 2.01. The van der Waals surface area contributed by atoms with Gasteiger partial charge in [-0.25, -0.2) is 0 Å². The summed E-state index contributed by atoms with van der Waals surface area (Å²) >= 11 is 5.96. The van der Waals surface area contributed by atoms with Crippen LogP contribution in [-0.2, 0) is 6.54 Å². The number of aromatic nitrogens is 1. The third kappa shape index (κ3) is 2.99. The molecule has 1 heterocycles. The summed E-state index contributed by atoms with van der Waals surface area (Å²) < 4.78 is 0. The van der Waals surface area contributed by atoms with E-state index in [1.54, 1.807) is 12.1 Å². The Morgan fingerprint density at radius 3 is 2.78 bits per heavy atom. The van der Waals surface area contributed by atoms with E-state index in [1.165, 1.54) is 0 Å². The maximum absolute atomic E-state index is 8.78. The Labute approximate surface area is 111 Å². The highest BCUT2D eigenvalue weighted by molar-refractivity contribution is 6.32. The van der Waals surface area contributed by atoms with Crippen LogP contribution in [0, 0.1) is 18.3 Å². The number of nitriles is 1. The van der Waals surface area contributed by atoms with Crippen molar-refractivity contribution in [3.8, 4) is 6.07 Å². The maximum atomic E-state index is 8.78. The van der Waals surface area contributed by atoms with Crippen molar-refractivity contribution in [3.05, 3.63) is 58.4 Å². The Kier molecular flexibility index (Phi) is 3.81. The average molecular weight is 258 g/mol. The van der Waals surface area contributed by atoms with Gasteiger partial charge in [-0.2, -0.15) is 5.26 Å². The van der Waals surface area contributed by atoms with Gasteiger partial charge in [0, 0.05) is 24.1 Å². The molecule has 2 rings (SSSR count). The number of rotatable bonds is 3. The molecule has 18 heavy (non-hydrogen) atoms. The molecule has 1 aromatic heterocycles. The Morgan fingerprint density at radius 1 is 1.33 bits per heavy atom. The summed E-state index contributed by atoms with van der Waals surface area (Å²) in [6.07, 6.45) is 1.84. The molecule has 4 heteroatoms. The fraction of sp³-hybridized carbons (Fsp3) is 0.143. The minimum absolute atomic E-state index is 0.463. The zero-order valence-corrected chi connectivity index (χ0v) is 10.7. The Bertz CT molecular complexity index is 585. The molecule has 0 aliphatic carbocycles. The van der Waals surface area contributed by atoms with Gasteiger partial charge in [0.05, 0.1) is 10.6 Å². The quantitative estimate of drug-likeness (QED) is 0.915. The summed E-state index contributed by atoms with van der Waals surface area (Å²) in [5.41, 5.74) is 3.47. The van der Waals surface area contributed by atoms with E-state index < -0.39 is 0 Å². The molecule has 0 atom stereocenters. The van der Waals surface area contributed by atoms with Crippen LogP contribution in [0.25, 0.3) is 0 Å². The number of anilines is 1. The van der Waals surface area contributed by atoms with Gasteiger partial charge in [0.2, 0.25) is 0 Å². The number of pyridine rings is 1. The van der Waals surface area contributed by atoms with Gasteiger partial charge in [-0.15, -0.1) is 0 Å². The van der Waals surface area contributed by atoms with Crippen molar-refractivity contribution >= 4 is 17.3 Å². The van der Waals surface area contributed by atoms with E-state index in [4.69, 9.17) is 16.9 Å². The summed E-state index contributed by atoms with van der Waals surface area (Å²) in [5.74, 6) is 0. The van der Waals surface area contributed by atoms with E-state index in [9.17, 15) is 0 Å². The van der Waals surface area contributed by atoms with E-state index in [2.05, 4.69) is 10.3 Å². The molecule has 0 saturated carbocycles. The Hall–Kier alpha value is -2.05. The number of halogens is 1. The third-order valence-corrected chi connectivity index (χ3v) is 2.87. The van der Waals surface area contributed by atoms with Crippen molar-refractivity contribution in [1.29, 1.82) is 5.26 Å². The lowest BCUT2D eigenvalue weighted by Gasteiger charge is -2.07. The first-order valence-corrected chi connectivity index (χ1v) is 5.92. The summed E-state index contributed by atoms with van der Waals surface area (Å²) in [5, 5.41) is 12.5. The minimum atomic E-state index is 0.463. The van der Waals surface area contributed by atoms with Crippen molar-refractivity contribution < 1.29 is 0 Å². The lowest BCUT2D eigenvalue weighted by atomic mass is 10.2. The van der Waals surface area contributed by atoms with Crippen molar-refractivity contribution in [2.75, 3.05) is 5.32 Å². The van der Waals surface area contributed by atoms with Gasteiger partial charge in [-0.3, -0.25) is 4.98 Å². The van der Waals surface area contributed by atoms with Crippen LogP contribution in [0.3, 0.4) is 0 Å². The summed E-state index contributed by atoms with van der Waals surface area (Å²) in [4.78, 5) is 4.23. The van der Waals surface area contributed by atoms with Crippen LogP contribution in [0.4, 0.5) is 5.69 Å². The predicted octanol–water partition coefficient (Wildman–Crippen LogP) is 3.53. The van der Waals surface area contributed by atoms with Gasteiger partial charge >= 0.3 is 0 Å².